The van der Waals surface area contributed by atoms with Gasteiger partial charge in [-0.05, 0) is 48.6 Å². The van der Waals surface area contributed by atoms with E-state index in [-0.39, 0.29) is 11.7 Å². The van der Waals surface area contributed by atoms with E-state index in [4.69, 9.17) is 0 Å². The molecule has 1 aliphatic carbocycles. The standard InChI is InChI=1S/C15H14FNOS/c16-12-5-3-11(4-6-12)13-7-8-14(19-13)15(18)17-9-10-1-2-10/h3-8,10H,1-2,9H2,(H,17,18). The molecule has 1 N–H and O–H groups in total. The fraction of sp³-hybridized carbons (Fsp3) is 0.267. The molecule has 1 amide bonds. The summed E-state index contributed by atoms with van der Waals surface area (Å²) in [4.78, 5) is 13.6. The molecule has 0 radical (unpaired) electrons. The second kappa shape index (κ2) is 5.13. The van der Waals surface area contributed by atoms with Crippen LogP contribution in [-0.2, 0) is 0 Å². The van der Waals surface area contributed by atoms with E-state index in [2.05, 4.69) is 5.32 Å². The lowest BCUT2D eigenvalue weighted by molar-refractivity contribution is 0.0956. The molecule has 1 heterocycles. The third-order valence-corrected chi connectivity index (χ3v) is 4.34. The first-order valence-corrected chi connectivity index (χ1v) is 7.18. The second-order valence-electron chi connectivity index (χ2n) is 4.82. The highest BCUT2D eigenvalue weighted by Crippen LogP contribution is 2.29. The van der Waals surface area contributed by atoms with Gasteiger partial charge in [0.05, 0.1) is 4.88 Å². The molecule has 4 heteroatoms. The third kappa shape index (κ3) is 3.01. The summed E-state index contributed by atoms with van der Waals surface area (Å²) in [6.07, 6.45) is 2.46. The van der Waals surface area contributed by atoms with Crippen molar-refractivity contribution >= 4 is 17.2 Å². The Morgan fingerprint density at radius 3 is 2.63 bits per heavy atom. The minimum Gasteiger partial charge on any atom is -0.351 e. The van der Waals surface area contributed by atoms with Gasteiger partial charge < -0.3 is 5.32 Å². The van der Waals surface area contributed by atoms with Gasteiger partial charge in [0.25, 0.3) is 5.91 Å². The zero-order chi connectivity index (χ0) is 13.2. The number of carbonyl (C=O) groups is 1. The van der Waals surface area contributed by atoms with E-state index in [1.54, 1.807) is 12.1 Å². The molecule has 2 nitrogen and oxygen atoms in total. The van der Waals surface area contributed by atoms with E-state index in [1.807, 2.05) is 12.1 Å². The van der Waals surface area contributed by atoms with Crippen molar-refractivity contribution in [3.05, 3.63) is 47.1 Å². The van der Waals surface area contributed by atoms with Gasteiger partial charge in [-0.15, -0.1) is 11.3 Å². The molecule has 0 spiro atoms. The molecular weight excluding hydrogens is 261 g/mol. The first-order chi connectivity index (χ1) is 9.22. The van der Waals surface area contributed by atoms with Crippen molar-refractivity contribution in [2.24, 2.45) is 5.92 Å². The molecule has 1 aromatic carbocycles. The minimum absolute atomic E-state index is 0.00902. The SMILES string of the molecule is O=C(NCC1CC1)c1ccc(-c2ccc(F)cc2)s1. The van der Waals surface area contributed by atoms with Crippen LogP contribution in [0.15, 0.2) is 36.4 Å². The van der Waals surface area contributed by atoms with Crippen LogP contribution in [0.3, 0.4) is 0 Å². The first kappa shape index (κ1) is 12.4. The highest BCUT2D eigenvalue weighted by molar-refractivity contribution is 7.17. The number of amides is 1. The maximum atomic E-state index is 12.9. The summed E-state index contributed by atoms with van der Waals surface area (Å²) in [5.74, 6) is 0.424. The summed E-state index contributed by atoms with van der Waals surface area (Å²) < 4.78 is 12.9. The van der Waals surface area contributed by atoms with E-state index in [0.29, 0.717) is 10.8 Å². The molecule has 0 aliphatic heterocycles. The molecule has 1 aliphatic rings. The molecule has 0 bridgehead atoms. The summed E-state index contributed by atoms with van der Waals surface area (Å²) >= 11 is 1.44. The van der Waals surface area contributed by atoms with Crippen molar-refractivity contribution in [2.45, 2.75) is 12.8 Å². The normalized spacial score (nSPS) is 14.4. The number of nitrogens with one attached hydrogen (secondary N) is 1. The molecule has 0 unspecified atom stereocenters. The Bertz CT molecular complexity index is 586. The summed E-state index contributed by atoms with van der Waals surface area (Å²) in [5, 5.41) is 2.95. The number of carbonyl (C=O) groups excluding carboxylic acids is 1. The van der Waals surface area contributed by atoms with E-state index < -0.39 is 0 Å². The lowest BCUT2D eigenvalue weighted by atomic mass is 10.2. The van der Waals surface area contributed by atoms with Crippen LogP contribution < -0.4 is 5.32 Å². The number of thiophene rings is 1. The van der Waals surface area contributed by atoms with Gasteiger partial charge in [0.15, 0.2) is 0 Å². The summed E-state index contributed by atoms with van der Waals surface area (Å²) in [6.45, 7) is 0.780. The Hall–Kier alpha value is -1.68. The van der Waals surface area contributed by atoms with Crippen molar-refractivity contribution in [1.29, 1.82) is 0 Å². The lowest BCUT2D eigenvalue weighted by Crippen LogP contribution is -2.24. The molecule has 0 atom stereocenters. The Kier molecular flexibility index (Phi) is 3.34. The number of hydrogen-bond donors (Lipinski definition) is 1. The van der Waals surface area contributed by atoms with Crippen molar-refractivity contribution in [1.82, 2.24) is 5.32 Å². The zero-order valence-corrected chi connectivity index (χ0v) is 11.2. The van der Waals surface area contributed by atoms with Crippen LogP contribution in [0.5, 0.6) is 0 Å². The van der Waals surface area contributed by atoms with Gasteiger partial charge in [0.2, 0.25) is 0 Å². The van der Waals surface area contributed by atoms with Crippen LogP contribution in [0.25, 0.3) is 10.4 Å². The lowest BCUT2D eigenvalue weighted by Gasteiger charge is -2.01. The molecule has 98 valence electrons. The summed E-state index contributed by atoms with van der Waals surface area (Å²) in [7, 11) is 0. The number of hydrogen-bond acceptors (Lipinski definition) is 2. The topological polar surface area (TPSA) is 29.1 Å². The van der Waals surface area contributed by atoms with E-state index in [1.165, 1.54) is 36.3 Å². The monoisotopic (exact) mass is 275 g/mol. The molecular formula is C15H14FNOS. The predicted molar refractivity (Wildman–Crippen MR) is 74.8 cm³/mol. The Balaban J connectivity index is 1.71. The molecule has 3 rings (SSSR count). The van der Waals surface area contributed by atoms with Crippen LogP contribution in [0.4, 0.5) is 4.39 Å². The summed E-state index contributed by atoms with van der Waals surface area (Å²) in [6, 6.07) is 10.1. The molecule has 1 fully saturated rings. The Morgan fingerprint density at radius 1 is 1.21 bits per heavy atom. The van der Waals surface area contributed by atoms with E-state index in [9.17, 15) is 9.18 Å². The highest BCUT2D eigenvalue weighted by Gasteiger charge is 2.22. The van der Waals surface area contributed by atoms with Gasteiger partial charge in [-0.25, -0.2) is 4.39 Å². The quantitative estimate of drug-likeness (QED) is 0.905. The van der Waals surface area contributed by atoms with Crippen molar-refractivity contribution in [2.75, 3.05) is 6.54 Å². The van der Waals surface area contributed by atoms with E-state index in [0.717, 1.165) is 17.0 Å². The predicted octanol–water partition coefficient (Wildman–Crippen LogP) is 3.69. The van der Waals surface area contributed by atoms with Crippen molar-refractivity contribution in [3.63, 3.8) is 0 Å². The molecule has 1 saturated carbocycles. The van der Waals surface area contributed by atoms with Crippen LogP contribution >= 0.6 is 11.3 Å². The first-order valence-electron chi connectivity index (χ1n) is 6.36. The van der Waals surface area contributed by atoms with Crippen LogP contribution in [0.2, 0.25) is 0 Å². The van der Waals surface area contributed by atoms with Crippen molar-refractivity contribution < 1.29 is 9.18 Å². The largest absolute Gasteiger partial charge is 0.351 e. The van der Waals surface area contributed by atoms with Crippen LogP contribution in [-0.4, -0.2) is 12.5 Å². The van der Waals surface area contributed by atoms with Crippen LogP contribution in [0, 0.1) is 11.7 Å². The molecule has 1 aromatic heterocycles. The van der Waals surface area contributed by atoms with Crippen LogP contribution in [0.1, 0.15) is 22.5 Å². The highest BCUT2D eigenvalue weighted by atomic mass is 32.1. The van der Waals surface area contributed by atoms with E-state index >= 15 is 0 Å². The summed E-state index contributed by atoms with van der Waals surface area (Å²) in [5.41, 5.74) is 0.938. The third-order valence-electron chi connectivity index (χ3n) is 3.21. The number of benzene rings is 1. The molecule has 2 aromatic rings. The van der Waals surface area contributed by atoms with Gasteiger partial charge in [-0.2, -0.15) is 0 Å². The second-order valence-corrected chi connectivity index (χ2v) is 5.91. The smallest absolute Gasteiger partial charge is 0.261 e. The van der Waals surface area contributed by atoms with Crippen molar-refractivity contribution in [3.8, 4) is 10.4 Å². The average molecular weight is 275 g/mol. The maximum absolute atomic E-state index is 12.9. The van der Waals surface area contributed by atoms with Gasteiger partial charge in [-0.3, -0.25) is 4.79 Å². The average Bonchev–Trinajstić information content (AvgIpc) is 3.12. The Morgan fingerprint density at radius 2 is 1.95 bits per heavy atom. The molecule has 0 saturated heterocycles. The fourth-order valence-corrected chi connectivity index (χ4v) is 2.80. The van der Waals surface area contributed by atoms with Gasteiger partial charge >= 0.3 is 0 Å². The van der Waals surface area contributed by atoms with Gasteiger partial charge in [0.1, 0.15) is 5.82 Å². The maximum Gasteiger partial charge on any atom is 0.261 e. The number of halogens is 1. The minimum atomic E-state index is -0.247. The van der Waals surface area contributed by atoms with Gasteiger partial charge in [-0.1, -0.05) is 12.1 Å². The fourth-order valence-electron chi connectivity index (χ4n) is 1.88. The zero-order valence-electron chi connectivity index (χ0n) is 10.4. The Labute approximate surface area is 115 Å². The van der Waals surface area contributed by atoms with Gasteiger partial charge in [0, 0.05) is 11.4 Å². The number of rotatable bonds is 4. The molecule has 19 heavy (non-hydrogen) atoms.